The van der Waals surface area contributed by atoms with Crippen molar-refractivity contribution in [2.24, 2.45) is 50.7 Å². The number of carbonyl (C=O) groups excluding carboxylic acids is 1. The Kier molecular flexibility index (Phi) is 4.16. The fourth-order valence-corrected chi connectivity index (χ4v) is 12.0. The molecule has 3 spiro atoms. The molecule has 5 aliphatic carbocycles. The molecule has 34 heavy (non-hydrogen) atoms. The molecule has 7 rings (SSSR count). The maximum Gasteiger partial charge on any atom is 0.336 e. The van der Waals surface area contributed by atoms with Crippen LogP contribution in [-0.2, 0) is 14.3 Å². The molecule has 0 aromatic carbocycles. The second kappa shape index (κ2) is 6.33. The van der Waals surface area contributed by atoms with Crippen molar-refractivity contribution in [1.29, 1.82) is 0 Å². The highest BCUT2D eigenvalue weighted by molar-refractivity contribution is 5.90. The van der Waals surface area contributed by atoms with Crippen LogP contribution in [0.4, 0.5) is 0 Å². The molecule has 7 aliphatic rings. The fourth-order valence-electron chi connectivity index (χ4n) is 12.0. The SMILES string of the molecule is CC1=C[C@@]2(C[C@@H]([C@H]3CC[C@@]4(C)[C@@H]5CC[C@H]6C(C)(C)[C@@H](O)CC[C@@]67C[C@@]57CC[C@]34C)CO2)OC1=O. The lowest BCUT2D eigenvalue weighted by molar-refractivity contribution is -0.182. The Hall–Kier alpha value is -0.870. The summed E-state index contributed by atoms with van der Waals surface area (Å²) in [6.07, 6.45) is 14.3. The topological polar surface area (TPSA) is 55.8 Å². The molecule has 0 unspecified atom stereocenters. The van der Waals surface area contributed by atoms with Crippen LogP contribution in [0.3, 0.4) is 0 Å². The number of hydrogen-bond donors (Lipinski definition) is 1. The summed E-state index contributed by atoms with van der Waals surface area (Å²) in [6.45, 7) is 12.6. The fraction of sp³-hybridized carbons (Fsp3) is 0.900. The molecule has 0 radical (unpaired) electrons. The lowest BCUT2D eigenvalue weighted by Gasteiger charge is -2.63. The number of esters is 1. The van der Waals surface area contributed by atoms with E-state index in [9.17, 15) is 9.90 Å². The van der Waals surface area contributed by atoms with Crippen molar-refractivity contribution >= 4 is 5.97 Å². The zero-order valence-corrected chi connectivity index (χ0v) is 21.9. The Bertz CT molecular complexity index is 984. The van der Waals surface area contributed by atoms with Crippen molar-refractivity contribution in [3.05, 3.63) is 11.6 Å². The molecule has 0 bridgehead atoms. The van der Waals surface area contributed by atoms with E-state index >= 15 is 0 Å². The van der Waals surface area contributed by atoms with Crippen LogP contribution in [0.15, 0.2) is 11.6 Å². The Balaban J connectivity index is 1.18. The molecule has 0 amide bonds. The van der Waals surface area contributed by atoms with Gasteiger partial charge in [-0.3, -0.25) is 0 Å². The zero-order chi connectivity index (χ0) is 23.9. The number of fused-ring (bicyclic) bond motifs is 2. The Morgan fingerprint density at radius 3 is 2.38 bits per heavy atom. The van der Waals surface area contributed by atoms with Gasteiger partial charge in [-0.1, -0.05) is 27.7 Å². The van der Waals surface area contributed by atoms with E-state index in [4.69, 9.17) is 9.47 Å². The predicted octanol–water partition coefficient (Wildman–Crippen LogP) is 6.02. The van der Waals surface area contributed by atoms with Gasteiger partial charge in [-0.15, -0.1) is 0 Å². The maximum atomic E-state index is 12.1. The smallest absolute Gasteiger partial charge is 0.336 e. The molecule has 10 atom stereocenters. The van der Waals surface area contributed by atoms with Crippen molar-refractivity contribution in [3.8, 4) is 0 Å². The minimum atomic E-state index is -0.787. The van der Waals surface area contributed by atoms with Crippen molar-refractivity contribution < 1.29 is 19.4 Å². The van der Waals surface area contributed by atoms with Crippen LogP contribution in [0.5, 0.6) is 0 Å². The van der Waals surface area contributed by atoms with Crippen LogP contribution in [0.1, 0.15) is 98.8 Å². The van der Waals surface area contributed by atoms with E-state index in [1.165, 1.54) is 51.4 Å². The summed E-state index contributed by atoms with van der Waals surface area (Å²) in [5, 5.41) is 10.9. The quantitative estimate of drug-likeness (QED) is 0.478. The maximum absolute atomic E-state index is 12.1. The van der Waals surface area contributed by atoms with E-state index in [-0.39, 0.29) is 17.5 Å². The molecule has 188 valence electrons. The van der Waals surface area contributed by atoms with Gasteiger partial charge < -0.3 is 14.6 Å². The first-order valence-electron chi connectivity index (χ1n) is 14.2. The van der Waals surface area contributed by atoms with Crippen molar-refractivity contribution in [2.75, 3.05) is 6.61 Å². The van der Waals surface area contributed by atoms with Gasteiger partial charge in [0.2, 0.25) is 5.79 Å². The molecule has 0 aromatic rings. The normalized spacial score (nSPS) is 59.1. The first kappa shape index (κ1) is 22.3. The van der Waals surface area contributed by atoms with E-state index in [1.807, 2.05) is 13.0 Å². The summed E-state index contributed by atoms with van der Waals surface area (Å²) in [4.78, 5) is 12.1. The average Bonchev–Trinajstić information content (AvgIpc) is 2.94. The van der Waals surface area contributed by atoms with Gasteiger partial charge in [-0.25, -0.2) is 4.79 Å². The first-order valence-corrected chi connectivity index (χ1v) is 14.2. The predicted molar refractivity (Wildman–Crippen MR) is 130 cm³/mol. The van der Waals surface area contributed by atoms with Crippen molar-refractivity contribution in [2.45, 2.75) is 111 Å². The van der Waals surface area contributed by atoms with Gasteiger partial charge in [-0.05, 0) is 122 Å². The van der Waals surface area contributed by atoms with Gasteiger partial charge in [-0.2, -0.15) is 0 Å². The molecule has 2 aliphatic heterocycles. The van der Waals surface area contributed by atoms with Crippen molar-refractivity contribution in [1.82, 2.24) is 0 Å². The molecular weight excluding hydrogens is 424 g/mol. The monoisotopic (exact) mass is 468 g/mol. The van der Waals surface area contributed by atoms with Crippen molar-refractivity contribution in [3.63, 3.8) is 0 Å². The van der Waals surface area contributed by atoms with E-state index in [2.05, 4.69) is 27.7 Å². The minimum Gasteiger partial charge on any atom is -0.426 e. The van der Waals surface area contributed by atoms with Gasteiger partial charge in [0.05, 0.1) is 12.7 Å². The standard InChI is InChI=1S/C30H44O4/c1-18-14-30(34-24(18)32)15-19(16-33-30)20-8-10-27(5)22-7-6-21-25(2,3)23(31)9-11-28(21)17-29(22,28)13-12-26(20,27)4/h14,19-23,31H,6-13,15-17H2,1-5H3/t19-,20-,21+,22+,23+,26-,27+,28-,29+,30+/m1/s1. The largest absolute Gasteiger partial charge is 0.426 e. The number of rotatable bonds is 1. The summed E-state index contributed by atoms with van der Waals surface area (Å²) >= 11 is 0. The van der Waals surface area contributed by atoms with Crippen LogP contribution >= 0.6 is 0 Å². The highest BCUT2D eigenvalue weighted by Gasteiger charge is 2.82. The third-order valence-corrected chi connectivity index (χ3v) is 13.8. The van der Waals surface area contributed by atoms with E-state index in [0.29, 0.717) is 45.0 Å². The van der Waals surface area contributed by atoms with Gasteiger partial charge in [0.15, 0.2) is 0 Å². The summed E-state index contributed by atoms with van der Waals surface area (Å²) in [6, 6.07) is 0. The molecule has 2 heterocycles. The summed E-state index contributed by atoms with van der Waals surface area (Å²) < 4.78 is 11.9. The molecule has 0 aromatic heterocycles. The van der Waals surface area contributed by atoms with Gasteiger partial charge in [0, 0.05) is 12.0 Å². The second-order valence-electron chi connectivity index (χ2n) is 14.8. The highest BCUT2D eigenvalue weighted by Crippen LogP contribution is 2.89. The van der Waals surface area contributed by atoms with Gasteiger partial charge >= 0.3 is 5.97 Å². The lowest BCUT2D eigenvalue weighted by Crippen LogP contribution is -2.57. The second-order valence-corrected chi connectivity index (χ2v) is 14.8. The highest BCUT2D eigenvalue weighted by atomic mass is 16.7. The van der Waals surface area contributed by atoms with Crippen LogP contribution in [0, 0.1) is 50.7 Å². The number of ether oxygens (including phenoxy) is 2. The number of aliphatic hydroxyl groups excluding tert-OH is 1. The molecule has 4 nitrogen and oxygen atoms in total. The van der Waals surface area contributed by atoms with Crippen LogP contribution in [0.25, 0.3) is 0 Å². The minimum absolute atomic E-state index is 0.0620. The zero-order valence-electron chi connectivity index (χ0n) is 21.9. The Morgan fingerprint density at radius 2 is 1.65 bits per heavy atom. The molecule has 1 N–H and O–H groups in total. The number of aliphatic hydroxyl groups is 1. The van der Waals surface area contributed by atoms with Gasteiger partial charge in [0.1, 0.15) is 0 Å². The molecule has 6 fully saturated rings. The first-order chi connectivity index (χ1) is 15.9. The lowest BCUT2D eigenvalue weighted by atomic mass is 9.41. The number of carbonyl (C=O) groups is 1. The van der Waals surface area contributed by atoms with Crippen LogP contribution in [-0.4, -0.2) is 29.6 Å². The molecule has 1 saturated heterocycles. The number of hydrogen-bond acceptors (Lipinski definition) is 4. The molecular formula is C30H44O4. The summed E-state index contributed by atoms with van der Waals surface area (Å²) in [5.41, 5.74) is 2.51. The van der Waals surface area contributed by atoms with E-state index in [1.54, 1.807) is 0 Å². The third kappa shape index (κ3) is 2.33. The van der Waals surface area contributed by atoms with E-state index in [0.717, 1.165) is 25.4 Å². The van der Waals surface area contributed by atoms with Gasteiger partial charge in [0.25, 0.3) is 0 Å². The summed E-state index contributed by atoms with van der Waals surface area (Å²) in [5.74, 6) is 1.65. The third-order valence-electron chi connectivity index (χ3n) is 13.8. The Morgan fingerprint density at radius 1 is 0.912 bits per heavy atom. The summed E-state index contributed by atoms with van der Waals surface area (Å²) in [7, 11) is 0. The Labute approximate surface area is 205 Å². The molecule has 4 heteroatoms. The average molecular weight is 469 g/mol. The van der Waals surface area contributed by atoms with Crippen LogP contribution < -0.4 is 0 Å². The van der Waals surface area contributed by atoms with Crippen LogP contribution in [0.2, 0.25) is 0 Å². The molecule has 5 saturated carbocycles. The van der Waals surface area contributed by atoms with E-state index < -0.39 is 5.79 Å².